The van der Waals surface area contributed by atoms with Crippen LogP contribution < -0.4 is 10.6 Å². The van der Waals surface area contributed by atoms with Gasteiger partial charge in [-0.2, -0.15) is 0 Å². The van der Waals surface area contributed by atoms with Gasteiger partial charge in [0, 0.05) is 23.7 Å². The van der Waals surface area contributed by atoms with Gasteiger partial charge in [-0.05, 0) is 24.5 Å². The van der Waals surface area contributed by atoms with Crippen molar-refractivity contribution in [3.05, 3.63) is 47.2 Å². The van der Waals surface area contributed by atoms with E-state index in [1.54, 1.807) is 0 Å². The third-order valence-corrected chi connectivity index (χ3v) is 5.68. The van der Waals surface area contributed by atoms with Crippen LogP contribution in [0, 0.1) is 0 Å². The molecule has 1 aliphatic rings. The Kier molecular flexibility index (Phi) is 7.14. The Balaban J connectivity index is 1.47. The van der Waals surface area contributed by atoms with Crippen molar-refractivity contribution in [2.24, 2.45) is 0 Å². The van der Waals surface area contributed by atoms with E-state index in [1.165, 1.54) is 37.4 Å². The molecule has 1 aliphatic carbocycles. The van der Waals surface area contributed by atoms with Gasteiger partial charge in [0.05, 0.1) is 5.75 Å². The molecule has 1 aromatic heterocycles. The summed E-state index contributed by atoms with van der Waals surface area (Å²) in [6, 6.07) is 9.90. The molecule has 2 aromatic rings. The molecule has 7 heteroatoms. The van der Waals surface area contributed by atoms with Crippen molar-refractivity contribution in [2.45, 2.75) is 49.7 Å². The summed E-state index contributed by atoms with van der Waals surface area (Å²) in [5.41, 5.74) is 1.01. The number of hydrogen-bond donors (Lipinski definition) is 2. The molecule has 3 rings (SSSR count). The van der Waals surface area contributed by atoms with Crippen LogP contribution in [-0.4, -0.2) is 27.7 Å². The molecule has 1 heterocycles. The van der Waals surface area contributed by atoms with Crippen LogP contribution in [0.1, 0.15) is 37.7 Å². The molecular weight excluding hydrogens is 368 g/mol. The van der Waals surface area contributed by atoms with Crippen LogP contribution in [0.3, 0.4) is 0 Å². The number of rotatable bonds is 7. The molecule has 1 saturated carbocycles. The molecule has 0 aliphatic heterocycles. The Morgan fingerprint density at radius 1 is 1.19 bits per heavy atom. The Labute approximate surface area is 163 Å². The maximum atomic E-state index is 12.1. The summed E-state index contributed by atoms with van der Waals surface area (Å²) in [6.45, 7) is 0.586. The highest BCUT2D eigenvalue weighted by Crippen LogP contribution is 2.21. The fourth-order valence-corrected chi connectivity index (χ4v) is 3.88. The minimum absolute atomic E-state index is 0.0751. The van der Waals surface area contributed by atoms with E-state index >= 15 is 0 Å². The Morgan fingerprint density at radius 2 is 2.00 bits per heavy atom. The number of thioether (sulfide) groups is 1. The zero-order chi connectivity index (χ0) is 18.2. The van der Waals surface area contributed by atoms with Gasteiger partial charge in [0.1, 0.15) is 17.2 Å². The second kappa shape index (κ2) is 9.78. The van der Waals surface area contributed by atoms with Gasteiger partial charge in [-0.1, -0.05) is 60.8 Å². The van der Waals surface area contributed by atoms with E-state index in [0.29, 0.717) is 18.3 Å². The summed E-state index contributed by atoms with van der Waals surface area (Å²) in [5, 5.41) is 7.87. The molecule has 0 unspecified atom stereocenters. The van der Waals surface area contributed by atoms with Crippen LogP contribution >= 0.6 is 23.4 Å². The van der Waals surface area contributed by atoms with Crippen LogP contribution in [0.2, 0.25) is 5.02 Å². The number of carbonyl (C=O) groups is 1. The standard InChI is InChI=1S/C19H23ClN4OS/c20-16-9-5-4-6-14(16)11-21-17-10-19(23-13-22-17)26-12-18(25)24-15-7-2-1-3-8-15/h4-6,9-10,13,15H,1-3,7-8,11-12H2,(H,24,25)(H,21,22,23). The molecule has 1 fully saturated rings. The normalized spacial score (nSPS) is 14.8. The van der Waals surface area contributed by atoms with E-state index in [-0.39, 0.29) is 5.91 Å². The van der Waals surface area contributed by atoms with E-state index in [9.17, 15) is 4.79 Å². The molecule has 1 aromatic carbocycles. The van der Waals surface area contributed by atoms with Gasteiger partial charge < -0.3 is 10.6 Å². The summed E-state index contributed by atoms with van der Waals surface area (Å²) in [6.07, 6.45) is 7.41. The van der Waals surface area contributed by atoms with E-state index in [0.717, 1.165) is 34.3 Å². The SMILES string of the molecule is O=C(CSc1cc(NCc2ccccc2Cl)ncn1)NC1CCCCC1. The third-order valence-electron chi connectivity index (χ3n) is 4.38. The molecule has 0 saturated heterocycles. The number of halogens is 1. The molecule has 0 bridgehead atoms. The maximum absolute atomic E-state index is 12.1. The average molecular weight is 391 g/mol. The topological polar surface area (TPSA) is 66.9 Å². The second-order valence-electron chi connectivity index (χ2n) is 6.38. The largest absolute Gasteiger partial charge is 0.366 e. The van der Waals surface area contributed by atoms with Gasteiger partial charge in [0.2, 0.25) is 5.91 Å². The van der Waals surface area contributed by atoms with E-state index in [1.807, 2.05) is 30.3 Å². The second-order valence-corrected chi connectivity index (χ2v) is 7.78. The van der Waals surface area contributed by atoms with Crippen molar-refractivity contribution in [3.63, 3.8) is 0 Å². The summed E-state index contributed by atoms with van der Waals surface area (Å²) >= 11 is 7.59. The van der Waals surface area contributed by atoms with Gasteiger partial charge >= 0.3 is 0 Å². The average Bonchev–Trinajstić information content (AvgIpc) is 2.67. The highest BCUT2D eigenvalue weighted by Gasteiger charge is 2.15. The van der Waals surface area contributed by atoms with Gasteiger partial charge in [0.25, 0.3) is 0 Å². The van der Waals surface area contributed by atoms with Crippen molar-refractivity contribution < 1.29 is 4.79 Å². The lowest BCUT2D eigenvalue weighted by atomic mass is 9.95. The number of anilines is 1. The van der Waals surface area contributed by atoms with Crippen LogP contribution in [0.15, 0.2) is 41.7 Å². The number of benzene rings is 1. The minimum Gasteiger partial charge on any atom is -0.366 e. The first-order chi connectivity index (χ1) is 12.7. The lowest BCUT2D eigenvalue weighted by Gasteiger charge is -2.22. The maximum Gasteiger partial charge on any atom is 0.230 e. The molecule has 26 heavy (non-hydrogen) atoms. The number of nitrogens with one attached hydrogen (secondary N) is 2. The van der Waals surface area contributed by atoms with Crippen molar-refractivity contribution >= 4 is 35.1 Å². The molecular formula is C19H23ClN4OS. The first kappa shape index (κ1) is 19.0. The van der Waals surface area contributed by atoms with Crippen molar-refractivity contribution in [3.8, 4) is 0 Å². The summed E-state index contributed by atoms with van der Waals surface area (Å²) in [7, 11) is 0. The number of amides is 1. The van der Waals surface area contributed by atoms with E-state index < -0.39 is 0 Å². The summed E-state index contributed by atoms with van der Waals surface area (Å²) < 4.78 is 0. The lowest BCUT2D eigenvalue weighted by Crippen LogP contribution is -2.37. The number of nitrogens with zero attached hydrogens (tertiary/aromatic N) is 2. The third kappa shape index (κ3) is 5.88. The predicted octanol–water partition coefficient (Wildman–Crippen LogP) is 4.28. The lowest BCUT2D eigenvalue weighted by molar-refractivity contribution is -0.119. The molecule has 0 radical (unpaired) electrons. The monoisotopic (exact) mass is 390 g/mol. The molecule has 2 N–H and O–H groups in total. The number of carbonyl (C=O) groups excluding carboxylic acids is 1. The molecule has 5 nitrogen and oxygen atoms in total. The zero-order valence-corrected chi connectivity index (χ0v) is 16.2. The fourth-order valence-electron chi connectivity index (χ4n) is 3.00. The van der Waals surface area contributed by atoms with Crippen molar-refractivity contribution in [2.75, 3.05) is 11.1 Å². The minimum atomic E-state index is 0.0751. The van der Waals surface area contributed by atoms with Crippen LogP contribution in [0.5, 0.6) is 0 Å². The van der Waals surface area contributed by atoms with Gasteiger partial charge in [-0.3, -0.25) is 4.79 Å². The van der Waals surface area contributed by atoms with Crippen LogP contribution in [0.4, 0.5) is 5.82 Å². The van der Waals surface area contributed by atoms with Crippen LogP contribution in [-0.2, 0) is 11.3 Å². The first-order valence-electron chi connectivity index (χ1n) is 8.92. The molecule has 0 atom stereocenters. The van der Waals surface area contributed by atoms with E-state index in [4.69, 9.17) is 11.6 Å². The Hall–Kier alpha value is -1.79. The predicted molar refractivity (Wildman–Crippen MR) is 107 cm³/mol. The first-order valence-corrected chi connectivity index (χ1v) is 10.3. The van der Waals surface area contributed by atoms with Gasteiger partial charge in [-0.25, -0.2) is 9.97 Å². The quantitative estimate of drug-likeness (QED) is 0.545. The number of hydrogen-bond acceptors (Lipinski definition) is 5. The Morgan fingerprint density at radius 3 is 2.81 bits per heavy atom. The molecule has 138 valence electrons. The highest BCUT2D eigenvalue weighted by molar-refractivity contribution is 7.99. The van der Waals surface area contributed by atoms with E-state index in [2.05, 4.69) is 20.6 Å². The summed E-state index contributed by atoms with van der Waals surface area (Å²) in [4.78, 5) is 20.6. The smallest absolute Gasteiger partial charge is 0.230 e. The highest BCUT2D eigenvalue weighted by atomic mass is 35.5. The zero-order valence-electron chi connectivity index (χ0n) is 14.6. The van der Waals surface area contributed by atoms with Crippen molar-refractivity contribution in [1.82, 2.24) is 15.3 Å². The molecule has 1 amide bonds. The van der Waals surface area contributed by atoms with Gasteiger partial charge in [0.15, 0.2) is 0 Å². The van der Waals surface area contributed by atoms with Crippen LogP contribution in [0.25, 0.3) is 0 Å². The fraction of sp³-hybridized carbons (Fsp3) is 0.421. The summed E-state index contributed by atoms with van der Waals surface area (Å²) in [5.74, 6) is 1.17. The number of aromatic nitrogens is 2. The van der Waals surface area contributed by atoms with Gasteiger partial charge in [-0.15, -0.1) is 0 Å². The molecule has 0 spiro atoms. The Bertz CT molecular complexity index is 737. The van der Waals surface area contributed by atoms with Crippen molar-refractivity contribution in [1.29, 1.82) is 0 Å².